The summed E-state index contributed by atoms with van der Waals surface area (Å²) in [5, 5.41) is 7.13. The largest absolute Gasteiger partial charge is 0.496 e. The smallest absolute Gasteiger partial charge is 0.173 e. The number of carbonyl (C=O) groups is 1. The number of methoxy groups -OCH3 is 1. The predicted octanol–water partition coefficient (Wildman–Crippen LogP) is 9.59. The zero-order valence-corrected chi connectivity index (χ0v) is 30.5. The van der Waals surface area contributed by atoms with Crippen LogP contribution in [0.4, 0.5) is 0 Å². The Morgan fingerprint density at radius 1 is 1.17 bits per heavy atom. The van der Waals surface area contributed by atoms with E-state index in [0.29, 0.717) is 42.9 Å². The Morgan fingerprint density at radius 3 is 2.51 bits per heavy atom. The van der Waals surface area contributed by atoms with Gasteiger partial charge in [0.1, 0.15) is 5.75 Å². The Kier molecular flexibility index (Phi) is 16.6. The van der Waals surface area contributed by atoms with Gasteiger partial charge in [0.2, 0.25) is 0 Å². The Morgan fingerprint density at radius 2 is 1.89 bits per heavy atom. The number of nitrogens with one attached hydrogen (secondary N) is 2. The maximum Gasteiger partial charge on any atom is 0.173 e. The van der Waals surface area contributed by atoms with Crippen LogP contribution in [-0.4, -0.2) is 31.6 Å². The highest BCUT2D eigenvalue weighted by Gasteiger charge is 2.30. The van der Waals surface area contributed by atoms with Crippen LogP contribution < -0.4 is 15.4 Å². The highest BCUT2D eigenvalue weighted by Crippen LogP contribution is 2.33. The van der Waals surface area contributed by atoms with Gasteiger partial charge in [0.05, 0.1) is 18.9 Å². The normalized spacial score (nSPS) is 24.3. The third-order valence-corrected chi connectivity index (χ3v) is 9.34. The number of benzene rings is 1. The lowest BCUT2D eigenvalue weighted by Crippen LogP contribution is -2.39. The molecule has 47 heavy (non-hydrogen) atoms. The molecule has 3 unspecified atom stereocenters. The van der Waals surface area contributed by atoms with Crippen molar-refractivity contribution in [3.8, 4) is 5.75 Å². The first-order valence-corrected chi connectivity index (χ1v) is 17.3. The van der Waals surface area contributed by atoms with Gasteiger partial charge in [-0.05, 0) is 92.0 Å². The van der Waals surface area contributed by atoms with Crippen molar-refractivity contribution in [2.45, 2.75) is 92.7 Å². The van der Waals surface area contributed by atoms with Gasteiger partial charge in [0.15, 0.2) is 11.9 Å². The zero-order valence-electron chi connectivity index (χ0n) is 30.5. The standard InChI is InChI=1S/C42H62N2O3/c1-13-16-36(17-14-2)23-29(5)33(9)38-19-15-18-32(8)44-39(25-37-20-21-41(46-12)30(6)24-37)34(10)43-27-31(7)35(11)47-42(22-28(3)4)40(45)26-38/h13-18,20-21,24,28-29,31,33,38-39,42-44H,1,8,10-11,19,22-23,25-27H2,2-7,9,12H3/b17-14-,18-15+,36-16+/t29-,31?,33?,38-,39-,42?/m1/s1. The molecule has 5 heteroatoms. The molecule has 2 N–H and O–H groups in total. The summed E-state index contributed by atoms with van der Waals surface area (Å²) in [6.07, 6.45) is 15.4. The van der Waals surface area contributed by atoms with Gasteiger partial charge in [0, 0.05) is 30.3 Å². The predicted molar refractivity (Wildman–Crippen MR) is 200 cm³/mol. The summed E-state index contributed by atoms with van der Waals surface area (Å²) in [4.78, 5) is 14.0. The number of carbonyl (C=O) groups excluding carboxylic acids is 1. The summed E-state index contributed by atoms with van der Waals surface area (Å²) in [6.45, 7) is 32.5. The summed E-state index contributed by atoms with van der Waals surface area (Å²) in [6, 6.07) is 6.18. The van der Waals surface area contributed by atoms with Gasteiger partial charge in [-0.15, -0.1) is 0 Å². The van der Waals surface area contributed by atoms with Gasteiger partial charge in [0.25, 0.3) is 0 Å². The van der Waals surface area contributed by atoms with Gasteiger partial charge in [-0.25, -0.2) is 0 Å². The third-order valence-electron chi connectivity index (χ3n) is 9.34. The molecule has 0 bridgehead atoms. The van der Waals surface area contributed by atoms with Gasteiger partial charge in [-0.2, -0.15) is 0 Å². The van der Waals surface area contributed by atoms with Crippen LogP contribution in [0.5, 0.6) is 5.75 Å². The van der Waals surface area contributed by atoms with Crippen LogP contribution in [0.2, 0.25) is 0 Å². The number of rotatable bonds is 11. The van der Waals surface area contributed by atoms with Crippen molar-refractivity contribution in [2.24, 2.45) is 29.6 Å². The number of hydrogen-bond donors (Lipinski definition) is 2. The molecule has 2 rings (SSSR count). The zero-order chi connectivity index (χ0) is 35.1. The summed E-state index contributed by atoms with van der Waals surface area (Å²) >= 11 is 0. The van der Waals surface area contributed by atoms with E-state index >= 15 is 0 Å². The van der Waals surface area contributed by atoms with Crippen molar-refractivity contribution in [3.63, 3.8) is 0 Å². The van der Waals surface area contributed by atoms with E-state index in [1.165, 1.54) is 11.1 Å². The summed E-state index contributed by atoms with van der Waals surface area (Å²) < 4.78 is 11.9. The Bertz CT molecular complexity index is 1320. The highest BCUT2D eigenvalue weighted by molar-refractivity contribution is 5.83. The number of ketones is 1. The maximum atomic E-state index is 14.0. The van der Waals surface area contributed by atoms with Crippen LogP contribution in [0.25, 0.3) is 0 Å². The van der Waals surface area contributed by atoms with Crippen molar-refractivity contribution in [1.29, 1.82) is 0 Å². The minimum absolute atomic E-state index is 0.0227. The average molecular weight is 643 g/mol. The van der Waals surface area contributed by atoms with Crippen LogP contribution in [0.3, 0.4) is 0 Å². The number of aryl methyl sites for hydroxylation is 1. The fraction of sp³-hybridized carbons (Fsp3) is 0.500. The molecule has 1 aromatic rings. The molecule has 0 fully saturated rings. The second-order valence-corrected chi connectivity index (χ2v) is 13.8. The Hall–Kier alpha value is -3.73. The molecule has 1 aliphatic heterocycles. The van der Waals surface area contributed by atoms with Crippen molar-refractivity contribution in [3.05, 3.63) is 115 Å². The summed E-state index contributed by atoms with van der Waals surface area (Å²) in [7, 11) is 1.69. The van der Waals surface area contributed by atoms with E-state index in [1.807, 2.05) is 19.1 Å². The molecule has 1 aromatic carbocycles. The quantitative estimate of drug-likeness (QED) is 0.236. The minimum Gasteiger partial charge on any atom is -0.496 e. The third kappa shape index (κ3) is 13.1. The van der Waals surface area contributed by atoms with E-state index in [-0.39, 0.29) is 23.7 Å². The average Bonchev–Trinajstić information content (AvgIpc) is 3.01. The van der Waals surface area contributed by atoms with Gasteiger partial charge >= 0.3 is 0 Å². The lowest BCUT2D eigenvalue weighted by molar-refractivity contribution is -0.131. The van der Waals surface area contributed by atoms with E-state index in [9.17, 15) is 4.79 Å². The lowest BCUT2D eigenvalue weighted by Gasteiger charge is -2.31. The molecule has 1 heterocycles. The molecule has 258 valence electrons. The van der Waals surface area contributed by atoms with E-state index in [2.05, 4.69) is 121 Å². The van der Waals surface area contributed by atoms with E-state index in [4.69, 9.17) is 9.47 Å². The van der Waals surface area contributed by atoms with Crippen LogP contribution in [0, 0.1) is 36.5 Å². The second-order valence-electron chi connectivity index (χ2n) is 13.8. The molecule has 0 spiro atoms. The topological polar surface area (TPSA) is 59.6 Å². The lowest BCUT2D eigenvalue weighted by atomic mass is 9.76. The summed E-state index contributed by atoms with van der Waals surface area (Å²) in [5.74, 6) is 2.73. The number of allylic oxidation sites excluding steroid dienone is 7. The van der Waals surface area contributed by atoms with Gasteiger partial charge in [-0.1, -0.05) is 103 Å². The SMILES string of the molecule is C=C/C=C(\C=C/C)C[C@@H](C)C(C)[C@@H]1C/C=C/C(=C)N[C@H](Cc2ccc(OC)c(C)c2)C(=C)NCC(C)C(=C)OC(CC(C)C)C(=O)C1. The van der Waals surface area contributed by atoms with Crippen LogP contribution >= 0.6 is 0 Å². The monoisotopic (exact) mass is 642 g/mol. The van der Waals surface area contributed by atoms with Gasteiger partial charge < -0.3 is 20.1 Å². The second kappa shape index (κ2) is 19.8. The van der Waals surface area contributed by atoms with E-state index < -0.39 is 6.10 Å². The van der Waals surface area contributed by atoms with Crippen LogP contribution in [0.15, 0.2) is 104 Å². The fourth-order valence-electron chi connectivity index (χ4n) is 6.17. The number of ether oxygens (including phenoxy) is 2. The molecular weight excluding hydrogens is 580 g/mol. The molecule has 6 atom stereocenters. The van der Waals surface area contributed by atoms with Crippen molar-refractivity contribution in [1.82, 2.24) is 10.6 Å². The van der Waals surface area contributed by atoms with E-state index in [1.54, 1.807) is 7.11 Å². The molecule has 0 saturated heterocycles. The first-order valence-electron chi connectivity index (χ1n) is 17.3. The maximum absolute atomic E-state index is 14.0. The first-order chi connectivity index (χ1) is 22.3. The molecule has 0 amide bonds. The Balaban J connectivity index is 2.44. The molecule has 1 aliphatic rings. The number of hydrogen-bond acceptors (Lipinski definition) is 5. The molecule has 5 nitrogen and oxygen atoms in total. The number of Topliss-reactive ketones (excluding diaryl/α,β-unsaturated/α-hetero) is 1. The highest BCUT2D eigenvalue weighted by atomic mass is 16.5. The van der Waals surface area contributed by atoms with Crippen molar-refractivity contribution >= 4 is 5.78 Å². The summed E-state index contributed by atoms with van der Waals surface area (Å²) in [5.41, 5.74) is 5.18. The first kappa shape index (κ1) is 39.4. The molecule has 0 aromatic heterocycles. The fourth-order valence-corrected chi connectivity index (χ4v) is 6.17. The molecule has 0 radical (unpaired) electrons. The van der Waals surface area contributed by atoms with Crippen molar-refractivity contribution < 1.29 is 14.3 Å². The Labute approximate surface area is 286 Å². The minimum atomic E-state index is -0.517. The van der Waals surface area contributed by atoms with Crippen molar-refractivity contribution in [2.75, 3.05) is 13.7 Å². The van der Waals surface area contributed by atoms with Gasteiger partial charge in [-0.3, -0.25) is 4.79 Å². The molecule has 0 saturated carbocycles. The van der Waals surface area contributed by atoms with Crippen LogP contribution in [0.1, 0.15) is 78.4 Å². The molecular formula is C42H62N2O3. The van der Waals surface area contributed by atoms with Crippen LogP contribution in [-0.2, 0) is 16.0 Å². The molecule has 0 aliphatic carbocycles. The van der Waals surface area contributed by atoms with E-state index in [0.717, 1.165) is 42.0 Å².